The molecule has 3 aromatic carbocycles. The molecule has 2 amide bonds. The van der Waals surface area contributed by atoms with E-state index in [0.29, 0.717) is 22.1 Å². The van der Waals surface area contributed by atoms with Crippen LogP contribution in [0.25, 0.3) is 11.3 Å². The zero-order chi connectivity index (χ0) is 24.8. The van der Waals surface area contributed by atoms with E-state index in [1.165, 1.54) is 28.7 Å². The zero-order valence-electron chi connectivity index (χ0n) is 19.6. The first-order valence-corrected chi connectivity index (χ1v) is 12.7. The lowest BCUT2D eigenvalue weighted by atomic mass is 10.1. The van der Waals surface area contributed by atoms with E-state index in [1.54, 1.807) is 31.4 Å². The number of hydrogen-bond donors (Lipinski definition) is 2. The Kier molecular flexibility index (Phi) is 7.84. The molecule has 0 aliphatic heterocycles. The third-order valence-electron chi connectivity index (χ3n) is 5.21. The van der Waals surface area contributed by atoms with Crippen molar-refractivity contribution in [3.8, 4) is 17.0 Å². The Balaban J connectivity index is 1.35. The van der Waals surface area contributed by atoms with Crippen molar-refractivity contribution in [2.75, 3.05) is 17.7 Å². The van der Waals surface area contributed by atoms with Gasteiger partial charge in [0, 0.05) is 27.1 Å². The van der Waals surface area contributed by atoms with Crippen LogP contribution in [0, 0.1) is 6.92 Å². The van der Waals surface area contributed by atoms with Gasteiger partial charge in [-0.15, -0.1) is 23.1 Å². The first-order valence-electron chi connectivity index (χ1n) is 11.0. The fourth-order valence-corrected chi connectivity index (χ4v) is 4.89. The number of carbonyl (C=O) groups is 2. The van der Waals surface area contributed by atoms with Gasteiger partial charge in [-0.3, -0.25) is 9.59 Å². The number of hydrogen-bond acceptors (Lipinski definition) is 6. The number of nitrogens with zero attached hydrogens (tertiary/aromatic N) is 1. The molecule has 0 radical (unpaired) electrons. The van der Waals surface area contributed by atoms with E-state index in [2.05, 4.69) is 15.6 Å². The summed E-state index contributed by atoms with van der Waals surface area (Å²) in [5.74, 6) is 0.345. The minimum absolute atomic E-state index is 0.132. The maximum Gasteiger partial charge on any atom is 0.255 e. The minimum atomic E-state index is -0.353. The summed E-state index contributed by atoms with van der Waals surface area (Å²) in [5.41, 5.74) is 4.23. The van der Waals surface area contributed by atoms with Crippen LogP contribution in [0.5, 0.6) is 5.75 Å². The van der Waals surface area contributed by atoms with E-state index in [1.807, 2.05) is 67.8 Å². The molecule has 0 bridgehead atoms. The standard InChI is InChI=1S/C27H25N3O3S2/c1-17-7-9-19(10-8-17)24-16-34-27(29-24)30-25(31)18(2)35-23-6-4-5-21(15-23)28-26(32)20-11-13-22(33-3)14-12-20/h4-16,18H,1-3H3,(H,28,32)(H,29,30,31). The van der Waals surface area contributed by atoms with Crippen molar-refractivity contribution >= 4 is 45.7 Å². The van der Waals surface area contributed by atoms with Crippen molar-refractivity contribution in [3.63, 3.8) is 0 Å². The number of carbonyl (C=O) groups excluding carboxylic acids is 2. The first-order chi connectivity index (χ1) is 16.9. The largest absolute Gasteiger partial charge is 0.497 e. The average Bonchev–Trinajstić information content (AvgIpc) is 3.33. The molecule has 4 rings (SSSR count). The maximum absolute atomic E-state index is 12.8. The Morgan fingerprint density at radius 2 is 1.74 bits per heavy atom. The number of methoxy groups -OCH3 is 1. The number of rotatable bonds is 8. The van der Waals surface area contributed by atoms with Crippen LogP contribution in [0.15, 0.2) is 83.1 Å². The average molecular weight is 504 g/mol. The Hall–Kier alpha value is -3.62. The van der Waals surface area contributed by atoms with Gasteiger partial charge in [-0.1, -0.05) is 35.9 Å². The second kappa shape index (κ2) is 11.2. The lowest BCUT2D eigenvalue weighted by molar-refractivity contribution is -0.115. The first kappa shape index (κ1) is 24.5. The molecule has 178 valence electrons. The van der Waals surface area contributed by atoms with Crippen molar-refractivity contribution in [1.29, 1.82) is 0 Å². The third-order valence-corrected chi connectivity index (χ3v) is 7.06. The molecule has 35 heavy (non-hydrogen) atoms. The van der Waals surface area contributed by atoms with Crippen LogP contribution in [-0.2, 0) is 4.79 Å². The van der Waals surface area contributed by atoms with Gasteiger partial charge in [0.1, 0.15) is 5.75 Å². The van der Waals surface area contributed by atoms with Crippen molar-refractivity contribution < 1.29 is 14.3 Å². The third kappa shape index (κ3) is 6.49. The van der Waals surface area contributed by atoms with Crippen LogP contribution < -0.4 is 15.4 Å². The number of amides is 2. The number of aryl methyl sites for hydroxylation is 1. The zero-order valence-corrected chi connectivity index (χ0v) is 21.2. The smallest absolute Gasteiger partial charge is 0.255 e. The normalized spacial score (nSPS) is 11.5. The molecule has 0 spiro atoms. The molecule has 1 atom stereocenters. The molecule has 0 aliphatic carbocycles. The highest BCUT2D eigenvalue weighted by Crippen LogP contribution is 2.29. The lowest BCUT2D eigenvalue weighted by Crippen LogP contribution is -2.22. The molecular formula is C27H25N3O3S2. The number of thioether (sulfide) groups is 1. The summed E-state index contributed by atoms with van der Waals surface area (Å²) in [6.45, 7) is 3.89. The van der Waals surface area contributed by atoms with Gasteiger partial charge < -0.3 is 15.4 Å². The topological polar surface area (TPSA) is 80.3 Å². The molecule has 0 saturated heterocycles. The summed E-state index contributed by atoms with van der Waals surface area (Å²) in [6, 6.07) is 22.5. The van der Waals surface area contributed by atoms with Gasteiger partial charge in [0.05, 0.1) is 18.1 Å². The van der Waals surface area contributed by atoms with Gasteiger partial charge in [0.25, 0.3) is 5.91 Å². The summed E-state index contributed by atoms with van der Waals surface area (Å²) in [5, 5.41) is 7.96. The van der Waals surface area contributed by atoms with Gasteiger partial charge >= 0.3 is 0 Å². The fraction of sp³-hybridized carbons (Fsp3) is 0.148. The number of aromatic nitrogens is 1. The van der Waals surface area contributed by atoms with Crippen LogP contribution in [0.2, 0.25) is 0 Å². The van der Waals surface area contributed by atoms with E-state index in [9.17, 15) is 9.59 Å². The van der Waals surface area contributed by atoms with Gasteiger partial charge in [-0.2, -0.15) is 0 Å². The van der Waals surface area contributed by atoms with Crippen LogP contribution in [0.1, 0.15) is 22.8 Å². The molecule has 0 aliphatic rings. The van der Waals surface area contributed by atoms with Crippen LogP contribution in [-0.4, -0.2) is 29.2 Å². The second-order valence-corrected chi connectivity index (χ2v) is 10.1. The molecule has 0 fully saturated rings. The fourth-order valence-electron chi connectivity index (χ4n) is 3.25. The predicted molar refractivity (Wildman–Crippen MR) is 144 cm³/mol. The number of ether oxygens (including phenoxy) is 1. The number of nitrogens with one attached hydrogen (secondary N) is 2. The van der Waals surface area contributed by atoms with Gasteiger partial charge in [0.2, 0.25) is 5.91 Å². The van der Waals surface area contributed by atoms with Crippen molar-refractivity contribution in [1.82, 2.24) is 4.98 Å². The van der Waals surface area contributed by atoms with E-state index in [4.69, 9.17) is 4.74 Å². The Morgan fingerprint density at radius 1 is 1.00 bits per heavy atom. The highest BCUT2D eigenvalue weighted by molar-refractivity contribution is 8.00. The van der Waals surface area contributed by atoms with Crippen LogP contribution >= 0.6 is 23.1 Å². The minimum Gasteiger partial charge on any atom is -0.497 e. The summed E-state index contributed by atoms with van der Waals surface area (Å²) >= 11 is 2.82. The number of thiazole rings is 1. The van der Waals surface area contributed by atoms with Crippen LogP contribution in [0.3, 0.4) is 0 Å². The van der Waals surface area contributed by atoms with Crippen molar-refractivity contribution in [3.05, 3.63) is 89.3 Å². The molecule has 1 heterocycles. The summed E-state index contributed by atoms with van der Waals surface area (Å²) in [7, 11) is 1.58. The SMILES string of the molecule is COc1ccc(C(=O)Nc2cccc(SC(C)C(=O)Nc3nc(-c4ccc(C)cc4)cs3)c2)cc1. The van der Waals surface area contributed by atoms with Gasteiger partial charge in [-0.05, 0) is 56.3 Å². The number of benzene rings is 3. The molecular weight excluding hydrogens is 478 g/mol. The van der Waals surface area contributed by atoms with E-state index in [0.717, 1.165) is 16.2 Å². The number of anilines is 2. The monoisotopic (exact) mass is 503 g/mol. The molecule has 1 aromatic heterocycles. The molecule has 2 N–H and O–H groups in total. The van der Waals surface area contributed by atoms with Crippen LogP contribution in [0.4, 0.5) is 10.8 Å². The molecule has 1 unspecified atom stereocenters. The van der Waals surface area contributed by atoms with E-state index >= 15 is 0 Å². The quantitative estimate of drug-likeness (QED) is 0.268. The lowest BCUT2D eigenvalue weighted by Gasteiger charge is -2.12. The van der Waals surface area contributed by atoms with Crippen molar-refractivity contribution in [2.45, 2.75) is 24.0 Å². The predicted octanol–water partition coefficient (Wildman–Crippen LogP) is 6.50. The highest BCUT2D eigenvalue weighted by Gasteiger charge is 2.17. The summed E-state index contributed by atoms with van der Waals surface area (Å²) in [4.78, 5) is 30.7. The molecule has 6 nitrogen and oxygen atoms in total. The maximum atomic E-state index is 12.8. The second-order valence-electron chi connectivity index (χ2n) is 7.86. The Bertz CT molecular complexity index is 1320. The Morgan fingerprint density at radius 3 is 2.46 bits per heavy atom. The Labute approximate surface area is 212 Å². The summed E-state index contributed by atoms with van der Waals surface area (Å²) in [6.07, 6.45) is 0. The van der Waals surface area contributed by atoms with Gasteiger partial charge in [0.15, 0.2) is 5.13 Å². The van der Waals surface area contributed by atoms with Crippen molar-refractivity contribution in [2.24, 2.45) is 0 Å². The van der Waals surface area contributed by atoms with E-state index in [-0.39, 0.29) is 17.1 Å². The van der Waals surface area contributed by atoms with Gasteiger partial charge in [-0.25, -0.2) is 4.98 Å². The van der Waals surface area contributed by atoms with E-state index < -0.39 is 0 Å². The molecule has 4 aromatic rings. The summed E-state index contributed by atoms with van der Waals surface area (Å²) < 4.78 is 5.13. The molecule has 0 saturated carbocycles. The molecule has 8 heteroatoms. The highest BCUT2D eigenvalue weighted by atomic mass is 32.2.